The van der Waals surface area contributed by atoms with Crippen LogP contribution in [-0.4, -0.2) is 35.1 Å². The molecule has 0 radical (unpaired) electrons. The van der Waals surface area contributed by atoms with Crippen molar-refractivity contribution in [3.8, 4) is 0 Å². The topological polar surface area (TPSA) is 58.4 Å². The average molecular weight is 331 g/mol. The van der Waals surface area contributed by atoms with Crippen molar-refractivity contribution in [3.63, 3.8) is 0 Å². The molecule has 6 heteroatoms. The van der Waals surface area contributed by atoms with Gasteiger partial charge in [0.25, 0.3) is 5.91 Å². The highest BCUT2D eigenvalue weighted by molar-refractivity contribution is 7.07. The summed E-state index contributed by atoms with van der Waals surface area (Å²) in [5.74, 6) is 1.66. The lowest BCUT2D eigenvalue weighted by atomic mass is 10.1. The Bertz CT molecular complexity index is 678. The molecule has 0 spiro atoms. The molecule has 1 aliphatic heterocycles. The summed E-state index contributed by atoms with van der Waals surface area (Å²) in [4.78, 5) is 14.8. The molecule has 2 aromatic heterocycles. The smallest absolute Gasteiger partial charge is 0.273 e. The van der Waals surface area contributed by atoms with Gasteiger partial charge in [0, 0.05) is 37.7 Å². The van der Waals surface area contributed by atoms with Crippen molar-refractivity contribution in [1.29, 1.82) is 0 Å². The van der Waals surface area contributed by atoms with Gasteiger partial charge in [-0.05, 0) is 41.1 Å². The van der Waals surface area contributed by atoms with Crippen molar-refractivity contribution >= 4 is 17.2 Å². The first-order valence-corrected chi connectivity index (χ1v) is 9.14. The van der Waals surface area contributed by atoms with E-state index in [9.17, 15) is 4.79 Å². The van der Waals surface area contributed by atoms with E-state index >= 15 is 0 Å². The zero-order valence-electron chi connectivity index (χ0n) is 13.2. The second-order valence-electron chi connectivity index (χ2n) is 6.77. The maximum atomic E-state index is 12.4. The fourth-order valence-corrected chi connectivity index (χ4v) is 3.88. The summed E-state index contributed by atoms with van der Waals surface area (Å²) >= 11 is 1.73. The Hall–Kier alpha value is -1.66. The van der Waals surface area contributed by atoms with Gasteiger partial charge in [0.2, 0.25) is 0 Å². The summed E-state index contributed by atoms with van der Waals surface area (Å²) in [5, 5.41) is 11.3. The maximum absolute atomic E-state index is 12.4. The lowest BCUT2D eigenvalue weighted by Crippen LogP contribution is -2.39. The van der Waals surface area contributed by atoms with Crippen molar-refractivity contribution < 1.29 is 9.32 Å². The number of nitrogens with zero attached hydrogens (tertiary/aromatic N) is 2. The first kappa shape index (κ1) is 14.9. The van der Waals surface area contributed by atoms with Crippen LogP contribution in [-0.2, 0) is 6.54 Å². The van der Waals surface area contributed by atoms with Crippen molar-refractivity contribution in [1.82, 2.24) is 15.4 Å². The van der Waals surface area contributed by atoms with Gasteiger partial charge in [-0.2, -0.15) is 11.3 Å². The van der Waals surface area contributed by atoms with Crippen LogP contribution in [0.5, 0.6) is 0 Å². The molecule has 2 atom stereocenters. The summed E-state index contributed by atoms with van der Waals surface area (Å²) < 4.78 is 5.27. The molecule has 3 heterocycles. The average Bonchev–Trinajstić information content (AvgIpc) is 2.94. The number of amides is 1. The van der Waals surface area contributed by atoms with E-state index in [1.807, 2.05) is 0 Å². The van der Waals surface area contributed by atoms with E-state index in [-0.39, 0.29) is 11.9 Å². The predicted molar refractivity (Wildman–Crippen MR) is 88.5 cm³/mol. The Kier molecular flexibility index (Phi) is 3.95. The maximum Gasteiger partial charge on any atom is 0.273 e. The molecule has 2 aliphatic rings. The number of likely N-dealkylation sites (tertiary alicyclic amines) is 1. The van der Waals surface area contributed by atoms with Crippen molar-refractivity contribution in [2.45, 2.75) is 38.3 Å². The lowest BCUT2D eigenvalue weighted by Gasteiger charge is -2.16. The highest BCUT2D eigenvalue weighted by atomic mass is 32.1. The number of hydrogen-bond acceptors (Lipinski definition) is 5. The Morgan fingerprint density at radius 2 is 2.35 bits per heavy atom. The molecule has 2 fully saturated rings. The van der Waals surface area contributed by atoms with E-state index < -0.39 is 0 Å². The van der Waals surface area contributed by atoms with E-state index in [1.165, 1.54) is 5.56 Å². The normalized spacial score (nSPS) is 24.9. The van der Waals surface area contributed by atoms with E-state index in [0.717, 1.165) is 38.2 Å². The Morgan fingerprint density at radius 1 is 1.48 bits per heavy atom. The molecule has 2 aromatic rings. The van der Waals surface area contributed by atoms with Gasteiger partial charge in [0.15, 0.2) is 5.69 Å². The fourth-order valence-electron chi connectivity index (χ4n) is 3.22. The number of hydrogen-bond donors (Lipinski definition) is 1. The van der Waals surface area contributed by atoms with Crippen molar-refractivity contribution in [2.75, 3.05) is 13.1 Å². The zero-order chi connectivity index (χ0) is 15.8. The van der Waals surface area contributed by atoms with Crippen LogP contribution < -0.4 is 5.32 Å². The van der Waals surface area contributed by atoms with Crippen molar-refractivity contribution in [3.05, 3.63) is 39.9 Å². The SMILES string of the molecule is C[C@@H]1CN(Cc2ccsc2)C[C@@H]1NC(=O)c1cc(C2CC2)on1. The molecule has 122 valence electrons. The third-order valence-corrected chi connectivity index (χ3v) is 5.46. The molecule has 0 unspecified atom stereocenters. The first-order valence-electron chi connectivity index (χ1n) is 8.20. The van der Waals surface area contributed by atoms with Gasteiger partial charge in [-0.3, -0.25) is 9.69 Å². The quantitative estimate of drug-likeness (QED) is 0.915. The van der Waals surface area contributed by atoms with Crippen LogP contribution in [0.25, 0.3) is 0 Å². The van der Waals surface area contributed by atoms with E-state index in [4.69, 9.17) is 4.52 Å². The largest absolute Gasteiger partial charge is 0.360 e. The summed E-state index contributed by atoms with van der Waals surface area (Å²) in [6.45, 7) is 5.04. The van der Waals surface area contributed by atoms with Crippen LogP contribution in [0, 0.1) is 5.92 Å². The van der Waals surface area contributed by atoms with E-state index in [0.29, 0.717) is 17.5 Å². The second-order valence-corrected chi connectivity index (χ2v) is 7.55. The van der Waals surface area contributed by atoms with E-state index in [2.05, 4.69) is 39.1 Å². The predicted octanol–water partition coefficient (Wildman–Crippen LogP) is 2.86. The molecule has 0 aromatic carbocycles. The van der Waals surface area contributed by atoms with Crippen LogP contribution in [0.2, 0.25) is 0 Å². The summed E-state index contributed by atoms with van der Waals surface area (Å²) in [6.07, 6.45) is 2.29. The number of carbonyl (C=O) groups excluding carboxylic acids is 1. The first-order chi connectivity index (χ1) is 11.2. The summed E-state index contributed by atoms with van der Waals surface area (Å²) in [6, 6.07) is 4.13. The lowest BCUT2D eigenvalue weighted by molar-refractivity contribution is 0.0922. The summed E-state index contributed by atoms with van der Waals surface area (Å²) in [5.41, 5.74) is 1.76. The number of rotatable bonds is 5. The van der Waals surface area contributed by atoms with Crippen LogP contribution >= 0.6 is 11.3 Å². The summed E-state index contributed by atoms with van der Waals surface area (Å²) in [7, 11) is 0. The standard InChI is InChI=1S/C17H21N3O2S/c1-11-7-20(8-12-4-5-23-10-12)9-15(11)18-17(21)14-6-16(22-19-14)13-2-3-13/h4-6,10-11,13,15H,2-3,7-9H2,1H3,(H,18,21)/t11-,15+/m1/s1. The molecule has 1 aliphatic carbocycles. The van der Waals surface area contributed by atoms with Gasteiger partial charge < -0.3 is 9.84 Å². The highest BCUT2D eigenvalue weighted by Gasteiger charge is 2.33. The number of thiophene rings is 1. The number of aromatic nitrogens is 1. The molecule has 1 saturated heterocycles. The van der Waals surface area contributed by atoms with Gasteiger partial charge in [-0.15, -0.1) is 0 Å². The molecule has 1 saturated carbocycles. The Labute approximate surface area is 139 Å². The molecule has 4 rings (SSSR count). The third kappa shape index (κ3) is 3.33. The molecular formula is C17H21N3O2S. The van der Waals surface area contributed by atoms with Gasteiger partial charge >= 0.3 is 0 Å². The van der Waals surface area contributed by atoms with Gasteiger partial charge in [-0.25, -0.2) is 0 Å². The van der Waals surface area contributed by atoms with Crippen LogP contribution in [0.4, 0.5) is 0 Å². The van der Waals surface area contributed by atoms with Gasteiger partial charge in [0.05, 0.1) is 0 Å². The van der Waals surface area contributed by atoms with Gasteiger partial charge in [-0.1, -0.05) is 12.1 Å². The molecule has 0 bridgehead atoms. The van der Waals surface area contributed by atoms with Crippen LogP contribution in [0.15, 0.2) is 27.4 Å². The molecule has 23 heavy (non-hydrogen) atoms. The molecule has 1 amide bonds. The van der Waals surface area contributed by atoms with Gasteiger partial charge in [0.1, 0.15) is 5.76 Å². The fraction of sp³-hybridized carbons (Fsp3) is 0.529. The monoisotopic (exact) mass is 331 g/mol. The highest BCUT2D eigenvalue weighted by Crippen LogP contribution is 2.40. The minimum Gasteiger partial charge on any atom is -0.360 e. The Balaban J connectivity index is 1.35. The van der Waals surface area contributed by atoms with E-state index in [1.54, 1.807) is 17.4 Å². The number of carbonyl (C=O) groups is 1. The third-order valence-electron chi connectivity index (χ3n) is 4.73. The second kappa shape index (κ2) is 6.09. The molecular weight excluding hydrogens is 310 g/mol. The minimum atomic E-state index is -0.116. The zero-order valence-corrected chi connectivity index (χ0v) is 14.0. The van der Waals surface area contributed by atoms with Crippen LogP contribution in [0.1, 0.15) is 47.5 Å². The molecule has 5 nitrogen and oxygen atoms in total. The Morgan fingerprint density at radius 3 is 3.09 bits per heavy atom. The minimum absolute atomic E-state index is 0.116. The molecule has 1 N–H and O–H groups in total. The van der Waals surface area contributed by atoms with Crippen LogP contribution in [0.3, 0.4) is 0 Å². The van der Waals surface area contributed by atoms with Crippen molar-refractivity contribution in [2.24, 2.45) is 5.92 Å². The number of nitrogens with one attached hydrogen (secondary N) is 1.